The molecule has 0 aliphatic rings. The first-order valence-electron chi connectivity index (χ1n) is 8.76. The molecule has 8 heteroatoms. The van der Waals surface area contributed by atoms with Gasteiger partial charge in [0.15, 0.2) is 5.75 Å². The maximum Gasteiger partial charge on any atom is 0.336 e. The summed E-state index contributed by atoms with van der Waals surface area (Å²) >= 11 is 23.6. The van der Waals surface area contributed by atoms with Gasteiger partial charge in [0.1, 0.15) is 5.02 Å². The SMILES string of the molecule is CCCCCCCCCOC(=O)/C=C/C(=O)Oc1c(Cl)cc(Cl)c(Cl)c1Cl. The Balaban J connectivity index is 2.35. The van der Waals surface area contributed by atoms with E-state index < -0.39 is 11.9 Å². The molecule has 0 saturated heterocycles. The molecule has 0 aliphatic carbocycles. The average molecular weight is 456 g/mol. The molecule has 0 aliphatic heterocycles. The molecular formula is C19H22Cl4O4. The second-order valence-corrected chi connectivity index (χ2v) is 7.41. The van der Waals surface area contributed by atoms with Crippen LogP contribution in [-0.4, -0.2) is 18.5 Å². The Morgan fingerprint density at radius 2 is 1.44 bits per heavy atom. The van der Waals surface area contributed by atoms with E-state index >= 15 is 0 Å². The van der Waals surface area contributed by atoms with Gasteiger partial charge in [-0.1, -0.05) is 91.9 Å². The van der Waals surface area contributed by atoms with Gasteiger partial charge in [0.05, 0.1) is 21.7 Å². The molecule has 4 nitrogen and oxygen atoms in total. The van der Waals surface area contributed by atoms with Gasteiger partial charge in [0.25, 0.3) is 0 Å². The summed E-state index contributed by atoms with van der Waals surface area (Å²) < 4.78 is 10.0. The molecule has 0 aromatic heterocycles. The summed E-state index contributed by atoms with van der Waals surface area (Å²) in [6, 6.07) is 1.31. The predicted octanol–water partition coefficient (Wildman–Crippen LogP) is 7.06. The minimum absolute atomic E-state index is 0.0172. The molecule has 27 heavy (non-hydrogen) atoms. The molecule has 150 valence electrons. The van der Waals surface area contributed by atoms with Gasteiger partial charge >= 0.3 is 11.9 Å². The number of hydrogen-bond acceptors (Lipinski definition) is 4. The van der Waals surface area contributed by atoms with Gasteiger partial charge in [-0.05, 0) is 12.5 Å². The van der Waals surface area contributed by atoms with Crippen LogP contribution >= 0.6 is 46.4 Å². The summed E-state index contributed by atoms with van der Waals surface area (Å²) in [6.45, 7) is 2.49. The Morgan fingerprint density at radius 1 is 0.852 bits per heavy atom. The molecule has 1 aromatic rings. The highest BCUT2D eigenvalue weighted by Gasteiger charge is 2.17. The maximum absolute atomic E-state index is 11.8. The van der Waals surface area contributed by atoms with Crippen molar-refractivity contribution in [2.75, 3.05) is 6.61 Å². The molecule has 1 rings (SSSR count). The van der Waals surface area contributed by atoms with Gasteiger partial charge < -0.3 is 9.47 Å². The van der Waals surface area contributed by atoms with Crippen molar-refractivity contribution in [1.29, 1.82) is 0 Å². The van der Waals surface area contributed by atoms with Crippen LogP contribution in [0.15, 0.2) is 18.2 Å². The van der Waals surface area contributed by atoms with Crippen molar-refractivity contribution in [3.05, 3.63) is 38.3 Å². The van der Waals surface area contributed by atoms with Crippen LogP contribution in [0.25, 0.3) is 0 Å². The van der Waals surface area contributed by atoms with Crippen molar-refractivity contribution in [3.8, 4) is 5.75 Å². The molecule has 0 amide bonds. The van der Waals surface area contributed by atoms with Gasteiger partial charge in [-0.15, -0.1) is 0 Å². The molecule has 0 heterocycles. The van der Waals surface area contributed by atoms with E-state index in [2.05, 4.69) is 6.92 Å². The molecule has 0 atom stereocenters. The Kier molecular flexibility index (Phi) is 11.8. The Hall–Kier alpha value is -0.940. The number of esters is 2. The molecule has 0 saturated carbocycles. The number of carbonyl (C=O) groups is 2. The Bertz CT molecular complexity index is 674. The summed E-state index contributed by atoms with van der Waals surface area (Å²) in [5.74, 6) is -1.59. The number of halogens is 4. The van der Waals surface area contributed by atoms with Crippen LogP contribution in [0.4, 0.5) is 0 Å². The highest BCUT2D eigenvalue weighted by Crippen LogP contribution is 2.42. The van der Waals surface area contributed by atoms with Crippen molar-refractivity contribution in [2.24, 2.45) is 0 Å². The number of hydrogen-bond donors (Lipinski definition) is 0. The van der Waals surface area contributed by atoms with E-state index in [0.29, 0.717) is 6.61 Å². The summed E-state index contributed by atoms with van der Waals surface area (Å²) in [6.07, 6.45) is 9.78. The second-order valence-electron chi connectivity index (χ2n) is 5.84. The van der Waals surface area contributed by atoms with Gasteiger partial charge in [-0.25, -0.2) is 9.59 Å². The number of benzene rings is 1. The van der Waals surface area contributed by atoms with E-state index in [4.69, 9.17) is 55.9 Å². The van der Waals surface area contributed by atoms with Crippen LogP contribution in [0.1, 0.15) is 51.9 Å². The molecule has 0 fully saturated rings. The minimum Gasteiger partial charge on any atom is -0.463 e. The third-order valence-electron chi connectivity index (χ3n) is 3.62. The van der Waals surface area contributed by atoms with E-state index in [-0.39, 0.29) is 25.8 Å². The predicted molar refractivity (Wildman–Crippen MR) is 110 cm³/mol. The fourth-order valence-corrected chi connectivity index (χ4v) is 3.17. The number of ether oxygens (including phenoxy) is 2. The lowest BCUT2D eigenvalue weighted by Crippen LogP contribution is -2.08. The van der Waals surface area contributed by atoms with Crippen LogP contribution in [0.2, 0.25) is 20.1 Å². The summed E-state index contributed by atoms with van der Waals surface area (Å²) in [5, 5.41) is 0.0923. The lowest BCUT2D eigenvalue weighted by atomic mass is 10.1. The zero-order chi connectivity index (χ0) is 20.2. The lowest BCUT2D eigenvalue weighted by Gasteiger charge is -2.09. The standard InChI is InChI=1S/C19H22Cl4O4/c1-2-3-4-5-6-7-8-11-26-15(24)9-10-16(25)27-19-14(21)12-13(20)17(22)18(19)23/h9-10,12H,2-8,11H2,1H3/b10-9+. The van der Waals surface area contributed by atoms with Gasteiger partial charge in [-0.3, -0.25) is 0 Å². The first-order valence-corrected chi connectivity index (χ1v) is 10.3. The van der Waals surface area contributed by atoms with Gasteiger partial charge in [0.2, 0.25) is 0 Å². The van der Waals surface area contributed by atoms with Crippen LogP contribution in [0, 0.1) is 0 Å². The van der Waals surface area contributed by atoms with E-state index in [1.54, 1.807) is 0 Å². The zero-order valence-corrected chi connectivity index (χ0v) is 18.1. The second kappa shape index (κ2) is 13.3. The monoisotopic (exact) mass is 454 g/mol. The van der Waals surface area contributed by atoms with Gasteiger partial charge in [-0.2, -0.15) is 0 Å². The van der Waals surface area contributed by atoms with Crippen molar-refractivity contribution in [3.63, 3.8) is 0 Å². The fourth-order valence-electron chi connectivity index (χ4n) is 2.19. The minimum atomic E-state index is -0.843. The number of unbranched alkanes of at least 4 members (excludes halogenated alkanes) is 6. The lowest BCUT2D eigenvalue weighted by molar-refractivity contribution is -0.138. The molecule has 0 radical (unpaired) electrons. The molecule has 0 spiro atoms. The van der Waals surface area contributed by atoms with Crippen LogP contribution in [-0.2, 0) is 14.3 Å². The van der Waals surface area contributed by atoms with Crippen molar-refractivity contribution in [1.82, 2.24) is 0 Å². The molecule has 0 bridgehead atoms. The highest BCUT2D eigenvalue weighted by atomic mass is 35.5. The van der Waals surface area contributed by atoms with Crippen molar-refractivity contribution < 1.29 is 19.1 Å². The van der Waals surface area contributed by atoms with Gasteiger partial charge in [0, 0.05) is 12.2 Å². The maximum atomic E-state index is 11.8. The summed E-state index contributed by atoms with van der Waals surface area (Å²) in [4.78, 5) is 23.4. The van der Waals surface area contributed by atoms with E-state index in [1.807, 2.05) is 0 Å². The van der Waals surface area contributed by atoms with E-state index in [0.717, 1.165) is 31.4 Å². The highest BCUT2D eigenvalue weighted by molar-refractivity contribution is 6.50. The summed E-state index contributed by atoms with van der Waals surface area (Å²) in [7, 11) is 0. The fraction of sp³-hybridized carbons (Fsp3) is 0.474. The summed E-state index contributed by atoms with van der Waals surface area (Å²) in [5.41, 5.74) is 0. The van der Waals surface area contributed by atoms with Crippen molar-refractivity contribution in [2.45, 2.75) is 51.9 Å². The first kappa shape index (κ1) is 24.1. The van der Waals surface area contributed by atoms with Crippen LogP contribution < -0.4 is 4.74 Å². The first-order chi connectivity index (χ1) is 12.9. The zero-order valence-electron chi connectivity index (χ0n) is 15.0. The van der Waals surface area contributed by atoms with Crippen LogP contribution in [0.3, 0.4) is 0 Å². The number of rotatable bonds is 11. The third-order valence-corrected chi connectivity index (χ3v) is 5.15. The smallest absolute Gasteiger partial charge is 0.336 e. The van der Waals surface area contributed by atoms with E-state index in [9.17, 15) is 9.59 Å². The topological polar surface area (TPSA) is 52.6 Å². The Morgan fingerprint density at radius 3 is 2.11 bits per heavy atom. The molecule has 0 unspecified atom stereocenters. The quantitative estimate of drug-likeness (QED) is 0.0894. The normalized spacial score (nSPS) is 11.0. The Labute approximate surface area is 179 Å². The average Bonchev–Trinajstić information content (AvgIpc) is 2.64. The van der Waals surface area contributed by atoms with Crippen molar-refractivity contribution >= 4 is 58.3 Å². The molecule has 1 aromatic carbocycles. The number of carbonyl (C=O) groups excluding carboxylic acids is 2. The largest absolute Gasteiger partial charge is 0.463 e. The van der Waals surface area contributed by atoms with E-state index in [1.165, 1.54) is 31.7 Å². The molecular weight excluding hydrogens is 434 g/mol. The van der Waals surface area contributed by atoms with Crippen LogP contribution in [0.5, 0.6) is 5.75 Å². The molecule has 0 N–H and O–H groups in total. The third kappa shape index (κ3) is 9.20.